The smallest absolute Gasteiger partial charge is 0.151 e. The third-order valence-electron chi connectivity index (χ3n) is 1.56. The molecule has 1 rings (SSSR count). The second-order valence-corrected chi connectivity index (χ2v) is 3.23. The van der Waals surface area contributed by atoms with Crippen molar-refractivity contribution in [2.75, 3.05) is 0 Å². The molecule has 2 nitrogen and oxygen atoms in total. The van der Waals surface area contributed by atoms with Gasteiger partial charge in [0.15, 0.2) is 6.29 Å². The molecule has 0 spiro atoms. The van der Waals surface area contributed by atoms with E-state index >= 15 is 0 Å². The highest BCUT2D eigenvalue weighted by Gasteiger charge is 2.05. The zero-order valence-corrected chi connectivity index (χ0v) is 8.06. The molecular weight excluding hydrogens is 209 g/mol. The molecule has 0 bridgehead atoms. The molecule has 0 radical (unpaired) electrons. The topological polar surface area (TPSA) is 40.9 Å². The molecule has 0 aromatic heterocycles. The quantitative estimate of drug-likeness (QED) is 0.710. The van der Waals surface area contributed by atoms with Gasteiger partial charge in [0, 0.05) is 10.6 Å². The molecule has 1 aromatic rings. The maximum absolute atomic E-state index is 10.5. The van der Waals surface area contributed by atoms with Crippen LogP contribution in [-0.4, -0.2) is 6.29 Å². The number of hydrogen-bond donors (Lipinski definition) is 0. The maximum Gasteiger partial charge on any atom is 0.151 e. The van der Waals surface area contributed by atoms with E-state index in [1.54, 1.807) is 0 Å². The summed E-state index contributed by atoms with van der Waals surface area (Å²) in [6.07, 6.45) is 0.816. The summed E-state index contributed by atoms with van der Waals surface area (Å²) in [5, 5.41) is 9.17. The van der Waals surface area contributed by atoms with Crippen LogP contribution in [0.25, 0.3) is 0 Å². The van der Waals surface area contributed by atoms with E-state index in [2.05, 4.69) is 0 Å². The zero-order chi connectivity index (χ0) is 9.84. The highest BCUT2D eigenvalue weighted by molar-refractivity contribution is 6.36. The Morgan fingerprint density at radius 3 is 2.62 bits per heavy atom. The monoisotopic (exact) mass is 213 g/mol. The van der Waals surface area contributed by atoms with Crippen molar-refractivity contribution in [1.29, 1.82) is 5.26 Å². The van der Waals surface area contributed by atoms with Crippen molar-refractivity contribution in [1.82, 2.24) is 0 Å². The lowest BCUT2D eigenvalue weighted by Gasteiger charge is -2.02. The van der Waals surface area contributed by atoms with Gasteiger partial charge >= 0.3 is 0 Å². The van der Waals surface area contributed by atoms with Crippen LogP contribution < -0.4 is 0 Å². The molecule has 0 unspecified atom stereocenters. The van der Waals surface area contributed by atoms with Crippen LogP contribution >= 0.6 is 23.2 Å². The molecule has 66 valence electrons. The van der Waals surface area contributed by atoms with E-state index in [1.807, 2.05) is 6.07 Å². The van der Waals surface area contributed by atoms with E-state index in [-0.39, 0.29) is 6.42 Å². The van der Waals surface area contributed by atoms with Gasteiger partial charge in [0.05, 0.1) is 17.5 Å². The van der Waals surface area contributed by atoms with Gasteiger partial charge in [0.25, 0.3) is 0 Å². The van der Waals surface area contributed by atoms with E-state index < -0.39 is 0 Å². The molecule has 0 saturated carbocycles. The van der Waals surface area contributed by atoms with Crippen molar-refractivity contribution in [3.8, 4) is 6.07 Å². The van der Waals surface area contributed by atoms with Crippen LogP contribution in [0.1, 0.15) is 15.9 Å². The van der Waals surface area contributed by atoms with Crippen molar-refractivity contribution in [2.24, 2.45) is 0 Å². The van der Waals surface area contributed by atoms with Gasteiger partial charge in [0.2, 0.25) is 0 Å². The van der Waals surface area contributed by atoms with Crippen LogP contribution in [0, 0.1) is 11.3 Å². The standard InChI is InChI=1S/C9H5Cl2NO/c10-8-4-9(11)7(5-13)3-6(8)1-2-12/h3-5H,1H2. The van der Waals surface area contributed by atoms with Gasteiger partial charge in [-0.05, 0) is 17.7 Å². The summed E-state index contributed by atoms with van der Waals surface area (Å²) in [6.45, 7) is 0. The second kappa shape index (κ2) is 4.27. The summed E-state index contributed by atoms with van der Waals surface area (Å²) in [7, 11) is 0. The van der Waals surface area contributed by atoms with E-state index in [0.717, 1.165) is 0 Å². The largest absolute Gasteiger partial charge is 0.298 e. The molecule has 4 heteroatoms. The van der Waals surface area contributed by atoms with E-state index in [4.69, 9.17) is 28.5 Å². The van der Waals surface area contributed by atoms with Crippen LogP contribution in [0.5, 0.6) is 0 Å². The summed E-state index contributed by atoms with van der Waals surface area (Å²) in [6, 6.07) is 4.95. The lowest BCUT2D eigenvalue weighted by atomic mass is 10.1. The predicted octanol–water partition coefficient (Wildman–Crippen LogP) is 2.87. The number of aldehydes is 1. The van der Waals surface area contributed by atoms with Crippen LogP contribution in [0.2, 0.25) is 10.0 Å². The molecular formula is C9H5Cl2NO. The van der Waals surface area contributed by atoms with E-state index in [9.17, 15) is 4.79 Å². The lowest BCUT2D eigenvalue weighted by molar-refractivity contribution is 0.112. The molecule has 0 aliphatic heterocycles. The molecule has 0 atom stereocenters. The maximum atomic E-state index is 10.5. The third-order valence-corrected chi connectivity index (χ3v) is 2.24. The van der Waals surface area contributed by atoms with Crippen molar-refractivity contribution in [2.45, 2.75) is 6.42 Å². The van der Waals surface area contributed by atoms with Crippen LogP contribution in [0.15, 0.2) is 12.1 Å². The number of carbonyl (C=O) groups excluding carboxylic acids is 1. The van der Waals surface area contributed by atoms with Crippen molar-refractivity contribution < 1.29 is 4.79 Å². The van der Waals surface area contributed by atoms with E-state index in [1.165, 1.54) is 12.1 Å². The second-order valence-electron chi connectivity index (χ2n) is 2.42. The van der Waals surface area contributed by atoms with Crippen LogP contribution in [0.4, 0.5) is 0 Å². The molecule has 13 heavy (non-hydrogen) atoms. The average Bonchev–Trinajstić information content (AvgIpc) is 2.10. The number of nitriles is 1. The first-order chi connectivity index (χ1) is 6.19. The van der Waals surface area contributed by atoms with Crippen LogP contribution in [-0.2, 0) is 6.42 Å². The Morgan fingerprint density at radius 1 is 1.38 bits per heavy atom. The minimum Gasteiger partial charge on any atom is -0.298 e. The first kappa shape index (κ1) is 10.0. The fourth-order valence-corrected chi connectivity index (χ4v) is 1.42. The zero-order valence-electron chi connectivity index (χ0n) is 6.55. The highest BCUT2D eigenvalue weighted by atomic mass is 35.5. The first-order valence-corrected chi connectivity index (χ1v) is 4.24. The average molecular weight is 214 g/mol. The molecule has 0 N–H and O–H groups in total. The van der Waals surface area contributed by atoms with E-state index in [0.29, 0.717) is 27.5 Å². The predicted molar refractivity (Wildman–Crippen MR) is 51.2 cm³/mol. The van der Waals surface area contributed by atoms with Gasteiger partial charge in [-0.25, -0.2) is 0 Å². The number of halogens is 2. The van der Waals surface area contributed by atoms with Gasteiger partial charge in [-0.3, -0.25) is 4.79 Å². The number of carbonyl (C=O) groups is 1. The molecule has 0 amide bonds. The summed E-state index contributed by atoms with van der Waals surface area (Å²) in [4.78, 5) is 10.5. The molecule has 0 fully saturated rings. The van der Waals surface area contributed by atoms with Crippen molar-refractivity contribution in [3.05, 3.63) is 33.3 Å². The Kier molecular flexibility index (Phi) is 3.30. The fraction of sp³-hybridized carbons (Fsp3) is 0.111. The Hall–Kier alpha value is -1.04. The summed E-state index contributed by atoms with van der Waals surface area (Å²) in [5.74, 6) is 0. The molecule has 0 saturated heterocycles. The summed E-state index contributed by atoms with van der Waals surface area (Å²) < 4.78 is 0. The Balaban J connectivity index is 3.23. The number of rotatable bonds is 2. The Morgan fingerprint density at radius 2 is 2.08 bits per heavy atom. The molecule has 1 aromatic carbocycles. The minimum absolute atomic E-state index is 0.177. The highest BCUT2D eigenvalue weighted by Crippen LogP contribution is 2.24. The van der Waals surface area contributed by atoms with Crippen LogP contribution in [0.3, 0.4) is 0 Å². The van der Waals surface area contributed by atoms with Crippen molar-refractivity contribution >= 4 is 29.5 Å². The molecule has 0 heterocycles. The van der Waals surface area contributed by atoms with Gasteiger partial charge in [-0.15, -0.1) is 0 Å². The SMILES string of the molecule is N#CCc1cc(C=O)c(Cl)cc1Cl. The van der Waals surface area contributed by atoms with Crippen molar-refractivity contribution in [3.63, 3.8) is 0 Å². The summed E-state index contributed by atoms with van der Waals surface area (Å²) >= 11 is 11.5. The molecule has 0 aliphatic rings. The van der Waals surface area contributed by atoms with Gasteiger partial charge in [-0.1, -0.05) is 23.2 Å². The summed E-state index contributed by atoms with van der Waals surface area (Å²) in [5.41, 5.74) is 0.979. The van der Waals surface area contributed by atoms with Gasteiger partial charge < -0.3 is 0 Å². The Labute approximate surface area is 85.7 Å². The fourth-order valence-electron chi connectivity index (χ4n) is 0.924. The third kappa shape index (κ3) is 2.21. The van der Waals surface area contributed by atoms with Gasteiger partial charge in [-0.2, -0.15) is 5.26 Å². The lowest BCUT2D eigenvalue weighted by Crippen LogP contribution is -1.89. The van der Waals surface area contributed by atoms with Gasteiger partial charge in [0.1, 0.15) is 0 Å². The number of hydrogen-bond acceptors (Lipinski definition) is 2. The number of nitrogens with zero attached hydrogens (tertiary/aromatic N) is 1. The first-order valence-electron chi connectivity index (χ1n) is 3.49. The normalized spacial score (nSPS) is 9.31. The Bertz CT molecular complexity index is 382. The number of benzene rings is 1. The minimum atomic E-state index is 0.177. The molecule has 0 aliphatic carbocycles.